The molecular formula is C14H20O4. The summed E-state index contributed by atoms with van der Waals surface area (Å²) in [5.41, 5.74) is 0. The Bertz CT molecular complexity index is 376. The topological polar surface area (TPSA) is 52.6 Å². The standard InChI is InChI=1S/C14H20O4/c1-7(2)3-4-11(15)17-12-8-5-9-10(6-8)14(16)18-13(9)12/h7-10,12-13H,3-6H2,1-2H3. The minimum absolute atomic E-state index is 0.0757. The fourth-order valence-electron chi connectivity index (χ4n) is 3.68. The number of fused-ring (bicyclic) bond motifs is 1. The molecule has 100 valence electrons. The summed E-state index contributed by atoms with van der Waals surface area (Å²) in [7, 11) is 0. The Morgan fingerprint density at radius 3 is 2.94 bits per heavy atom. The minimum Gasteiger partial charge on any atom is -0.458 e. The fourth-order valence-corrected chi connectivity index (χ4v) is 3.68. The normalized spacial score (nSPS) is 40.4. The highest BCUT2D eigenvalue weighted by atomic mass is 16.6. The summed E-state index contributed by atoms with van der Waals surface area (Å²) >= 11 is 0. The molecule has 2 saturated carbocycles. The Hall–Kier alpha value is -1.06. The van der Waals surface area contributed by atoms with Crippen LogP contribution in [0.25, 0.3) is 0 Å². The highest BCUT2D eigenvalue weighted by Gasteiger charge is 2.63. The van der Waals surface area contributed by atoms with Crippen molar-refractivity contribution >= 4 is 11.9 Å². The third-order valence-electron chi connectivity index (χ3n) is 4.61. The average Bonchev–Trinajstić information content (AvgIpc) is 2.91. The van der Waals surface area contributed by atoms with Gasteiger partial charge in [-0.2, -0.15) is 0 Å². The van der Waals surface area contributed by atoms with Gasteiger partial charge in [0.25, 0.3) is 0 Å². The summed E-state index contributed by atoms with van der Waals surface area (Å²) in [5, 5.41) is 0. The van der Waals surface area contributed by atoms with Crippen molar-refractivity contribution in [3.8, 4) is 0 Å². The van der Waals surface area contributed by atoms with Gasteiger partial charge in [-0.3, -0.25) is 9.59 Å². The summed E-state index contributed by atoms with van der Waals surface area (Å²) in [4.78, 5) is 23.4. The van der Waals surface area contributed by atoms with Crippen LogP contribution >= 0.6 is 0 Å². The molecule has 3 aliphatic rings. The molecule has 4 heteroatoms. The molecule has 4 nitrogen and oxygen atoms in total. The molecule has 2 bridgehead atoms. The number of ether oxygens (including phenoxy) is 2. The molecule has 0 aromatic rings. The molecule has 1 heterocycles. The second-order valence-corrected chi connectivity index (χ2v) is 6.29. The van der Waals surface area contributed by atoms with Crippen LogP contribution in [0.1, 0.15) is 39.5 Å². The first-order valence-corrected chi connectivity index (χ1v) is 6.96. The Morgan fingerprint density at radius 2 is 2.22 bits per heavy atom. The van der Waals surface area contributed by atoms with Gasteiger partial charge in [0.15, 0.2) is 0 Å². The van der Waals surface area contributed by atoms with Crippen LogP contribution in [0, 0.1) is 23.7 Å². The van der Waals surface area contributed by atoms with Crippen LogP contribution in [0.5, 0.6) is 0 Å². The zero-order valence-corrected chi connectivity index (χ0v) is 10.9. The molecule has 18 heavy (non-hydrogen) atoms. The lowest BCUT2D eigenvalue weighted by Gasteiger charge is -2.25. The van der Waals surface area contributed by atoms with E-state index in [1.54, 1.807) is 0 Å². The van der Waals surface area contributed by atoms with Gasteiger partial charge in [-0.15, -0.1) is 0 Å². The van der Waals surface area contributed by atoms with E-state index in [9.17, 15) is 9.59 Å². The van der Waals surface area contributed by atoms with Crippen LogP contribution in [0.15, 0.2) is 0 Å². The summed E-state index contributed by atoms with van der Waals surface area (Å²) in [6.07, 6.45) is 2.84. The lowest BCUT2D eigenvalue weighted by molar-refractivity contribution is -0.162. The van der Waals surface area contributed by atoms with Crippen LogP contribution in [-0.4, -0.2) is 24.1 Å². The highest BCUT2D eigenvalue weighted by molar-refractivity contribution is 5.77. The van der Waals surface area contributed by atoms with Crippen molar-refractivity contribution in [1.82, 2.24) is 0 Å². The lowest BCUT2D eigenvalue weighted by Crippen LogP contribution is -2.36. The van der Waals surface area contributed by atoms with Gasteiger partial charge in [-0.1, -0.05) is 13.8 Å². The van der Waals surface area contributed by atoms with Gasteiger partial charge in [0, 0.05) is 18.3 Å². The Labute approximate surface area is 107 Å². The van der Waals surface area contributed by atoms with Crippen molar-refractivity contribution < 1.29 is 19.1 Å². The number of hydrogen-bond acceptors (Lipinski definition) is 4. The van der Waals surface area contributed by atoms with Gasteiger partial charge in [0.05, 0.1) is 5.92 Å². The molecule has 5 unspecified atom stereocenters. The summed E-state index contributed by atoms with van der Waals surface area (Å²) in [5.74, 6) is 1.04. The van der Waals surface area contributed by atoms with Crippen molar-refractivity contribution in [3.63, 3.8) is 0 Å². The SMILES string of the molecule is CC(C)CCC(=O)OC1C2CC3C(=O)OC1C3C2. The average molecular weight is 252 g/mol. The molecule has 0 radical (unpaired) electrons. The third-order valence-corrected chi connectivity index (χ3v) is 4.61. The molecule has 0 N–H and O–H groups in total. The van der Waals surface area contributed by atoms with Crippen molar-refractivity contribution in [1.29, 1.82) is 0 Å². The monoisotopic (exact) mass is 252 g/mol. The van der Waals surface area contributed by atoms with Gasteiger partial charge in [-0.05, 0) is 25.2 Å². The maximum absolute atomic E-state index is 11.8. The maximum atomic E-state index is 11.8. The van der Waals surface area contributed by atoms with Gasteiger partial charge in [0.1, 0.15) is 12.2 Å². The van der Waals surface area contributed by atoms with Crippen LogP contribution in [0.4, 0.5) is 0 Å². The Morgan fingerprint density at radius 1 is 1.44 bits per heavy atom. The van der Waals surface area contributed by atoms with Crippen molar-refractivity contribution in [3.05, 3.63) is 0 Å². The maximum Gasteiger partial charge on any atom is 0.309 e. The van der Waals surface area contributed by atoms with Crippen LogP contribution in [0.3, 0.4) is 0 Å². The second-order valence-electron chi connectivity index (χ2n) is 6.29. The van der Waals surface area contributed by atoms with Gasteiger partial charge in [-0.25, -0.2) is 0 Å². The molecule has 3 fully saturated rings. The van der Waals surface area contributed by atoms with E-state index in [2.05, 4.69) is 13.8 Å². The third kappa shape index (κ3) is 1.82. The molecule has 2 aliphatic carbocycles. The van der Waals surface area contributed by atoms with E-state index in [0.29, 0.717) is 24.2 Å². The quantitative estimate of drug-likeness (QED) is 0.717. The molecular weight excluding hydrogens is 232 g/mol. The Kier molecular flexibility index (Phi) is 2.83. The molecule has 0 amide bonds. The van der Waals surface area contributed by atoms with Crippen LogP contribution < -0.4 is 0 Å². The first-order valence-electron chi connectivity index (χ1n) is 6.96. The van der Waals surface area contributed by atoms with Crippen molar-refractivity contribution in [2.24, 2.45) is 23.7 Å². The van der Waals surface area contributed by atoms with E-state index in [1.807, 2.05) is 0 Å². The van der Waals surface area contributed by atoms with E-state index in [4.69, 9.17) is 9.47 Å². The summed E-state index contributed by atoms with van der Waals surface area (Å²) in [6, 6.07) is 0. The van der Waals surface area contributed by atoms with E-state index >= 15 is 0 Å². The summed E-state index contributed by atoms with van der Waals surface area (Å²) in [6.45, 7) is 4.18. The van der Waals surface area contributed by atoms with Gasteiger partial charge < -0.3 is 9.47 Å². The number of rotatable bonds is 4. The molecule has 0 aromatic heterocycles. The van der Waals surface area contributed by atoms with E-state index in [0.717, 1.165) is 19.3 Å². The van der Waals surface area contributed by atoms with Gasteiger partial charge in [0.2, 0.25) is 0 Å². The molecule has 3 rings (SSSR count). The smallest absolute Gasteiger partial charge is 0.309 e. The summed E-state index contributed by atoms with van der Waals surface area (Å²) < 4.78 is 10.9. The van der Waals surface area contributed by atoms with Crippen LogP contribution in [0.2, 0.25) is 0 Å². The first kappa shape index (κ1) is 12.0. The Balaban J connectivity index is 1.58. The number of esters is 2. The highest BCUT2D eigenvalue weighted by Crippen LogP contribution is 2.55. The van der Waals surface area contributed by atoms with Crippen molar-refractivity contribution in [2.45, 2.75) is 51.7 Å². The lowest BCUT2D eigenvalue weighted by atomic mass is 9.88. The number of hydrogen-bond donors (Lipinski definition) is 0. The number of carbonyl (C=O) groups is 2. The predicted octanol–water partition coefficient (Wildman–Crippen LogP) is 1.92. The second kappa shape index (κ2) is 4.25. The molecule has 0 spiro atoms. The predicted molar refractivity (Wildman–Crippen MR) is 63.5 cm³/mol. The van der Waals surface area contributed by atoms with E-state index < -0.39 is 0 Å². The van der Waals surface area contributed by atoms with E-state index in [1.165, 1.54) is 0 Å². The molecule has 5 atom stereocenters. The molecule has 0 aromatic carbocycles. The zero-order chi connectivity index (χ0) is 12.9. The fraction of sp³-hybridized carbons (Fsp3) is 0.857. The minimum atomic E-state index is -0.169. The zero-order valence-electron chi connectivity index (χ0n) is 10.9. The number of carbonyl (C=O) groups excluding carboxylic acids is 2. The van der Waals surface area contributed by atoms with E-state index in [-0.39, 0.29) is 30.1 Å². The first-order chi connectivity index (χ1) is 8.56. The van der Waals surface area contributed by atoms with Crippen molar-refractivity contribution in [2.75, 3.05) is 0 Å². The van der Waals surface area contributed by atoms with Gasteiger partial charge >= 0.3 is 11.9 Å². The molecule has 1 saturated heterocycles. The molecule has 1 aliphatic heterocycles. The largest absolute Gasteiger partial charge is 0.458 e. The van der Waals surface area contributed by atoms with Crippen LogP contribution in [-0.2, 0) is 19.1 Å².